The topological polar surface area (TPSA) is 61.6 Å². The van der Waals surface area contributed by atoms with Crippen molar-refractivity contribution < 1.29 is 4.79 Å². The maximum atomic E-state index is 11.7. The summed E-state index contributed by atoms with van der Waals surface area (Å²) in [5.41, 5.74) is 8.59. The number of nitrogens with zero attached hydrogens (tertiary/aromatic N) is 2. The Kier molecular flexibility index (Phi) is 8.19. The van der Waals surface area contributed by atoms with Crippen LogP contribution < -0.4 is 16.0 Å². The first-order valence-electron chi connectivity index (χ1n) is 12.0. The SMILES string of the molecule is CC(Nc1cc(N2CCN(C3CCCC(C(N)=O)C3)C[C@@H]2C)ccc1Cl)c1ccc(Cl)cc1Cl. The highest BCUT2D eigenvalue weighted by atomic mass is 35.5. The molecule has 34 heavy (non-hydrogen) atoms. The first-order valence-corrected chi connectivity index (χ1v) is 13.2. The van der Waals surface area contributed by atoms with E-state index in [0.29, 0.717) is 27.2 Å². The molecule has 1 heterocycles. The molecule has 4 rings (SSSR count). The van der Waals surface area contributed by atoms with Crippen molar-refractivity contribution in [1.29, 1.82) is 0 Å². The quantitative estimate of drug-likeness (QED) is 0.461. The lowest BCUT2D eigenvalue weighted by Gasteiger charge is -2.46. The van der Waals surface area contributed by atoms with Gasteiger partial charge >= 0.3 is 0 Å². The van der Waals surface area contributed by atoms with Crippen molar-refractivity contribution in [3.8, 4) is 0 Å². The van der Waals surface area contributed by atoms with E-state index in [9.17, 15) is 4.79 Å². The Morgan fingerprint density at radius 1 is 1.09 bits per heavy atom. The molecule has 3 unspecified atom stereocenters. The second-order valence-electron chi connectivity index (χ2n) is 9.65. The molecular formula is C26H33Cl3N4O. The van der Waals surface area contributed by atoms with Crippen molar-refractivity contribution >= 4 is 52.1 Å². The van der Waals surface area contributed by atoms with Crippen LogP contribution in [0.4, 0.5) is 11.4 Å². The van der Waals surface area contributed by atoms with E-state index in [2.05, 4.69) is 41.1 Å². The van der Waals surface area contributed by atoms with Gasteiger partial charge in [0, 0.05) is 53.4 Å². The number of carbonyl (C=O) groups excluding carboxylic acids is 1. The summed E-state index contributed by atoms with van der Waals surface area (Å²) < 4.78 is 0. The van der Waals surface area contributed by atoms with E-state index in [1.54, 1.807) is 6.07 Å². The molecule has 0 bridgehead atoms. The number of piperazine rings is 1. The lowest BCUT2D eigenvalue weighted by atomic mass is 9.84. The third kappa shape index (κ3) is 5.76. The lowest BCUT2D eigenvalue weighted by Crippen LogP contribution is -2.56. The Balaban J connectivity index is 1.44. The molecule has 184 valence electrons. The molecule has 0 aromatic heterocycles. The van der Waals surface area contributed by atoms with E-state index < -0.39 is 0 Å². The fourth-order valence-corrected chi connectivity index (χ4v) is 6.17. The van der Waals surface area contributed by atoms with Crippen molar-refractivity contribution in [3.63, 3.8) is 0 Å². The number of amides is 1. The maximum absolute atomic E-state index is 11.7. The van der Waals surface area contributed by atoms with E-state index in [1.807, 2.05) is 18.2 Å². The van der Waals surface area contributed by atoms with Gasteiger partial charge in [-0.1, -0.05) is 47.3 Å². The number of anilines is 2. The van der Waals surface area contributed by atoms with Gasteiger partial charge in [0.25, 0.3) is 0 Å². The Morgan fingerprint density at radius 3 is 2.59 bits per heavy atom. The number of nitrogens with two attached hydrogens (primary N) is 1. The van der Waals surface area contributed by atoms with E-state index in [1.165, 1.54) is 0 Å². The van der Waals surface area contributed by atoms with E-state index >= 15 is 0 Å². The molecule has 2 aromatic carbocycles. The minimum absolute atomic E-state index is 0.0214. The summed E-state index contributed by atoms with van der Waals surface area (Å²) in [6.07, 6.45) is 4.05. The van der Waals surface area contributed by atoms with Gasteiger partial charge in [0.15, 0.2) is 0 Å². The molecular weight excluding hydrogens is 491 g/mol. The summed E-state index contributed by atoms with van der Waals surface area (Å²) in [5, 5.41) is 5.44. The largest absolute Gasteiger partial charge is 0.377 e. The first kappa shape index (κ1) is 25.4. The number of hydrogen-bond donors (Lipinski definition) is 2. The van der Waals surface area contributed by atoms with Crippen LogP contribution >= 0.6 is 34.8 Å². The second-order valence-corrected chi connectivity index (χ2v) is 10.9. The molecule has 2 aliphatic rings. The zero-order valence-electron chi connectivity index (χ0n) is 19.7. The van der Waals surface area contributed by atoms with Crippen LogP contribution in [0.25, 0.3) is 0 Å². The number of benzene rings is 2. The standard InChI is InChI=1S/C26H33Cl3N4O/c1-16-15-32(20-5-3-4-18(12-20)26(30)34)10-11-33(16)21-7-9-23(28)25(14-21)31-17(2)22-8-6-19(27)13-24(22)29/h6-9,13-14,16-18,20,31H,3-5,10-12,15H2,1-2H3,(H2,30,34)/t16-,17?,18?,20?/m0/s1. The number of primary amides is 1. The summed E-state index contributed by atoms with van der Waals surface area (Å²) in [7, 11) is 0. The summed E-state index contributed by atoms with van der Waals surface area (Å²) in [6, 6.07) is 12.5. The van der Waals surface area contributed by atoms with E-state index in [4.69, 9.17) is 40.5 Å². The van der Waals surface area contributed by atoms with Gasteiger partial charge in [0.2, 0.25) is 5.91 Å². The summed E-state index contributed by atoms with van der Waals surface area (Å²) >= 11 is 19.0. The zero-order valence-corrected chi connectivity index (χ0v) is 22.0. The van der Waals surface area contributed by atoms with Gasteiger partial charge in [-0.15, -0.1) is 0 Å². The molecule has 4 atom stereocenters. The van der Waals surface area contributed by atoms with E-state index in [0.717, 1.165) is 62.3 Å². The minimum Gasteiger partial charge on any atom is -0.377 e. The highest BCUT2D eigenvalue weighted by Crippen LogP contribution is 2.35. The molecule has 1 saturated heterocycles. The normalized spacial score (nSPS) is 24.6. The van der Waals surface area contributed by atoms with Crippen molar-refractivity contribution in [3.05, 3.63) is 57.0 Å². The molecule has 3 N–H and O–H groups in total. The average molecular weight is 524 g/mol. The number of hydrogen-bond acceptors (Lipinski definition) is 4. The van der Waals surface area contributed by atoms with Gasteiger partial charge in [0.1, 0.15) is 0 Å². The smallest absolute Gasteiger partial charge is 0.220 e. The zero-order chi connectivity index (χ0) is 24.4. The van der Waals surface area contributed by atoms with Crippen LogP contribution in [-0.2, 0) is 4.79 Å². The van der Waals surface area contributed by atoms with Gasteiger partial charge in [-0.25, -0.2) is 0 Å². The molecule has 1 amide bonds. The van der Waals surface area contributed by atoms with Crippen molar-refractivity contribution in [1.82, 2.24) is 4.90 Å². The van der Waals surface area contributed by atoms with Crippen molar-refractivity contribution in [2.75, 3.05) is 29.9 Å². The molecule has 2 fully saturated rings. The predicted molar refractivity (Wildman–Crippen MR) is 143 cm³/mol. The fourth-order valence-electron chi connectivity index (χ4n) is 5.42. The highest BCUT2D eigenvalue weighted by Gasteiger charge is 2.33. The molecule has 0 spiro atoms. The average Bonchev–Trinajstić information content (AvgIpc) is 2.80. The number of nitrogens with one attached hydrogen (secondary N) is 1. The van der Waals surface area contributed by atoms with Crippen molar-refractivity contribution in [2.45, 2.75) is 57.7 Å². The molecule has 8 heteroatoms. The van der Waals surface area contributed by atoms with Crippen LogP contribution in [-0.4, -0.2) is 42.5 Å². The van der Waals surface area contributed by atoms with Crippen molar-refractivity contribution in [2.24, 2.45) is 11.7 Å². The van der Waals surface area contributed by atoms with Crippen LogP contribution in [0.15, 0.2) is 36.4 Å². The third-order valence-corrected chi connectivity index (χ3v) is 8.20. The summed E-state index contributed by atoms with van der Waals surface area (Å²) in [6.45, 7) is 7.20. The monoisotopic (exact) mass is 522 g/mol. The van der Waals surface area contributed by atoms with Gasteiger partial charge in [-0.2, -0.15) is 0 Å². The molecule has 1 saturated carbocycles. The van der Waals surface area contributed by atoms with Gasteiger partial charge < -0.3 is 16.0 Å². The molecule has 5 nitrogen and oxygen atoms in total. The van der Waals surface area contributed by atoms with Crippen LogP contribution in [0.1, 0.15) is 51.1 Å². The Morgan fingerprint density at radius 2 is 1.88 bits per heavy atom. The highest BCUT2D eigenvalue weighted by molar-refractivity contribution is 6.35. The van der Waals surface area contributed by atoms with Crippen LogP contribution in [0, 0.1) is 5.92 Å². The van der Waals surface area contributed by atoms with Gasteiger partial charge in [-0.3, -0.25) is 9.69 Å². The second kappa shape index (κ2) is 10.9. The Hall–Kier alpha value is -1.66. The fraction of sp³-hybridized carbons (Fsp3) is 0.500. The number of halogens is 3. The van der Waals surface area contributed by atoms with Crippen LogP contribution in [0.3, 0.4) is 0 Å². The third-order valence-electron chi connectivity index (χ3n) is 7.31. The molecule has 0 radical (unpaired) electrons. The maximum Gasteiger partial charge on any atom is 0.220 e. The summed E-state index contributed by atoms with van der Waals surface area (Å²) in [5.74, 6) is -0.125. The minimum atomic E-state index is -0.147. The molecule has 1 aliphatic carbocycles. The first-order chi connectivity index (χ1) is 16.2. The Labute approximate surface area is 217 Å². The van der Waals surface area contributed by atoms with Gasteiger partial charge in [0.05, 0.1) is 16.8 Å². The summed E-state index contributed by atoms with van der Waals surface area (Å²) in [4.78, 5) is 16.7. The van der Waals surface area contributed by atoms with Crippen LogP contribution in [0.5, 0.6) is 0 Å². The van der Waals surface area contributed by atoms with Crippen LogP contribution in [0.2, 0.25) is 15.1 Å². The Bertz CT molecular complexity index is 1030. The number of rotatable bonds is 6. The molecule has 2 aromatic rings. The molecule has 1 aliphatic heterocycles. The van der Waals surface area contributed by atoms with E-state index in [-0.39, 0.29) is 17.9 Å². The number of carbonyl (C=O) groups is 1. The predicted octanol–water partition coefficient (Wildman–Crippen LogP) is 6.37. The lowest BCUT2D eigenvalue weighted by molar-refractivity contribution is -0.123. The van der Waals surface area contributed by atoms with Gasteiger partial charge in [-0.05, 0) is 69.0 Å².